The number of hydrogen-bond acceptors (Lipinski definition) is 6. The summed E-state index contributed by atoms with van der Waals surface area (Å²) in [5.41, 5.74) is 3.62. The number of carbonyl (C=O) groups excluding carboxylic acids is 1. The molecule has 0 bridgehead atoms. The van der Waals surface area contributed by atoms with E-state index in [2.05, 4.69) is 10.4 Å². The number of anilines is 1. The van der Waals surface area contributed by atoms with Crippen LogP contribution in [0.15, 0.2) is 12.1 Å². The molecule has 1 aromatic rings. The average Bonchev–Trinajstić information content (AvgIpc) is 2.45. The number of rotatable bonds is 2. The van der Waals surface area contributed by atoms with Gasteiger partial charge in [0.1, 0.15) is 5.82 Å². The van der Waals surface area contributed by atoms with Gasteiger partial charge in [0.15, 0.2) is 6.10 Å². The molecule has 1 fully saturated rings. The summed E-state index contributed by atoms with van der Waals surface area (Å²) in [7, 11) is 0. The lowest BCUT2D eigenvalue weighted by molar-refractivity contribution is 0.00346. The van der Waals surface area contributed by atoms with Crippen LogP contribution in [0.4, 0.5) is 5.82 Å². The van der Waals surface area contributed by atoms with Crippen molar-refractivity contribution in [3.63, 3.8) is 0 Å². The quantitative estimate of drug-likeness (QED) is 0.575. The Morgan fingerprint density at radius 2 is 2.47 bits per heavy atom. The summed E-state index contributed by atoms with van der Waals surface area (Å²) in [6.07, 6.45) is -0.562. The lowest BCUT2D eigenvalue weighted by atomic mass is 10.1. The minimum Gasteiger partial charge on any atom is -0.360 e. The number of nitrogen functional groups attached to an aromatic ring is 1. The van der Waals surface area contributed by atoms with Crippen LogP contribution in [0.5, 0.6) is 0 Å². The monoisotopic (exact) mass is 261 g/mol. The van der Waals surface area contributed by atoms with Crippen LogP contribution in [0.3, 0.4) is 0 Å². The fourth-order valence-electron chi connectivity index (χ4n) is 1.96. The highest BCUT2D eigenvalue weighted by molar-refractivity contribution is 5.95. The third-order valence-electron chi connectivity index (χ3n) is 2.85. The number of aromatic nitrogens is 1. The molecule has 1 aliphatic heterocycles. The summed E-state index contributed by atoms with van der Waals surface area (Å²) in [5.74, 6) is 5.60. The van der Waals surface area contributed by atoms with Crippen LogP contribution in [0.25, 0.3) is 0 Å². The molecular weight excluding hydrogens is 246 g/mol. The second-order valence-electron chi connectivity index (χ2n) is 4.27. The van der Waals surface area contributed by atoms with Crippen molar-refractivity contribution in [1.29, 1.82) is 5.26 Å². The Labute approximate surface area is 110 Å². The van der Waals surface area contributed by atoms with E-state index in [0.717, 1.165) is 0 Å². The molecule has 19 heavy (non-hydrogen) atoms. The van der Waals surface area contributed by atoms with Gasteiger partial charge in [0.25, 0.3) is 5.91 Å². The van der Waals surface area contributed by atoms with Crippen molar-refractivity contribution < 1.29 is 9.53 Å². The van der Waals surface area contributed by atoms with Gasteiger partial charge in [-0.05, 0) is 19.1 Å². The van der Waals surface area contributed by atoms with Crippen molar-refractivity contribution >= 4 is 11.7 Å². The molecule has 7 heteroatoms. The van der Waals surface area contributed by atoms with Crippen LogP contribution >= 0.6 is 0 Å². The second kappa shape index (κ2) is 5.65. The van der Waals surface area contributed by atoms with E-state index in [-0.39, 0.29) is 12.5 Å². The first-order valence-corrected chi connectivity index (χ1v) is 5.90. The molecule has 1 unspecified atom stereocenters. The Morgan fingerprint density at radius 1 is 1.68 bits per heavy atom. The average molecular weight is 261 g/mol. The molecule has 2 rings (SSSR count). The van der Waals surface area contributed by atoms with Crippen molar-refractivity contribution in [3.8, 4) is 6.07 Å². The van der Waals surface area contributed by atoms with Gasteiger partial charge in [-0.3, -0.25) is 4.79 Å². The Balaban J connectivity index is 2.19. The highest BCUT2D eigenvalue weighted by atomic mass is 16.5. The number of nitrogens with zero attached hydrogens (tertiary/aromatic N) is 3. The lowest BCUT2D eigenvalue weighted by Crippen LogP contribution is -2.45. The SMILES string of the molecule is Cc1cc(C(=O)N2CCOC(C#N)C2)cc(NN)n1. The zero-order chi connectivity index (χ0) is 13.8. The number of morpholine rings is 1. The van der Waals surface area contributed by atoms with Gasteiger partial charge in [-0.2, -0.15) is 5.26 Å². The van der Waals surface area contributed by atoms with Crippen molar-refractivity contribution in [3.05, 3.63) is 23.4 Å². The van der Waals surface area contributed by atoms with Crippen molar-refractivity contribution in [2.24, 2.45) is 5.84 Å². The molecular formula is C12H15N5O2. The Kier molecular flexibility index (Phi) is 3.94. The number of ether oxygens (including phenoxy) is 1. The molecule has 0 saturated carbocycles. The van der Waals surface area contributed by atoms with Gasteiger partial charge in [-0.15, -0.1) is 0 Å². The summed E-state index contributed by atoms with van der Waals surface area (Å²) in [5, 5.41) is 8.84. The van der Waals surface area contributed by atoms with E-state index in [9.17, 15) is 4.79 Å². The molecule has 0 aliphatic carbocycles. The fraction of sp³-hybridized carbons (Fsp3) is 0.417. The molecule has 1 saturated heterocycles. The van der Waals surface area contributed by atoms with Gasteiger partial charge in [0.2, 0.25) is 0 Å². The van der Waals surface area contributed by atoms with E-state index in [1.54, 1.807) is 24.0 Å². The van der Waals surface area contributed by atoms with E-state index in [1.165, 1.54) is 0 Å². The summed E-state index contributed by atoms with van der Waals surface area (Å²) < 4.78 is 5.21. The van der Waals surface area contributed by atoms with Gasteiger partial charge in [-0.25, -0.2) is 10.8 Å². The van der Waals surface area contributed by atoms with Gasteiger partial charge in [0, 0.05) is 17.8 Å². The molecule has 1 amide bonds. The molecule has 1 aromatic heterocycles. The van der Waals surface area contributed by atoms with Gasteiger partial charge >= 0.3 is 0 Å². The maximum absolute atomic E-state index is 12.3. The number of nitrogens with one attached hydrogen (secondary N) is 1. The zero-order valence-corrected chi connectivity index (χ0v) is 10.6. The molecule has 1 atom stereocenters. The first-order chi connectivity index (χ1) is 9.13. The van der Waals surface area contributed by atoms with E-state index < -0.39 is 6.10 Å². The molecule has 7 nitrogen and oxygen atoms in total. The summed E-state index contributed by atoms with van der Waals surface area (Å²) >= 11 is 0. The maximum atomic E-state index is 12.3. The van der Waals surface area contributed by atoms with E-state index in [1.807, 2.05) is 6.07 Å². The summed E-state index contributed by atoms with van der Waals surface area (Å²) in [6, 6.07) is 5.30. The number of amides is 1. The largest absolute Gasteiger partial charge is 0.360 e. The number of hydrogen-bond donors (Lipinski definition) is 2. The third-order valence-corrected chi connectivity index (χ3v) is 2.85. The minimum atomic E-state index is -0.562. The van der Waals surface area contributed by atoms with Gasteiger partial charge in [-0.1, -0.05) is 0 Å². The molecule has 1 aliphatic rings. The molecule has 2 heterocycles. The number of hydrazine groups is 1. The molecule has 0 radical (unpaired) electrons. The predicted molar refractivity (Wildman–Crippen MR) is 68.0 cm³/mol. The van der Waals surface area contributed by atoms with Gasteiger partial charge in [0.05, 0.1) is 19.2 Å². The van der Waals surface area contributed by atoms with E-state index >= 15 is 0 Å². The molecule has 100 valence electrons. The summed E-state index contributed by atoms with van der Waals surface area (Å²) in [4.78, 5) is 18.1. The van der Waals surface area contributed by atoms with Crippen LogP contribution < -0.4 is 11.3 Å². The standard InChI is InChI=1S/C12H15N5O2/c1-8-4-9(5-11(15-8)16-14)12(18)17-2-3-19-10(6-13)7-17/h4-5,10H,2-3,7,14H2,1H3,(H,15,16). The first kappa shape index (κ1) is 13.3. The number of nitriles is 1. The lowest BCUT2D eigenvalue weighted by Gasteiger charge is -2.29. The van der Waals surface area contributed by atoms with Crippen molar-refractivity contribution in [2.75, 3.05) is 25.1 Å². The molecule has 0 aromatic carbocycles. The van der Waals surface area contributed by atoms with Crippen LogP contribution in [-0.2, 0) is 4.74 Å². The van der Waals surface area contributed by atoms with E-state index in [4.69, 9.17) is 15.8 Å². The zero-order valence-electron chi connectivity index (χ0n) is 10.6. The number of aryl methyl sites for hydroxylation is 1. The highest BCUT2D eigenvalue weighted by Gasteiger charge is 2.25. The molecule has 3 N–H and O–H groups in total. The highest BCUT2D eigenvalue weighted by Crippen LogP contribution is 2.14. The molecule has 0 spiro atoms. The number of nitrogens with two attached hydrogens (primary N) is 1. The third kappa shape index (κ3) is 2.99. The van der Waals surface area contributed by atoms with E-state index in [0.29, 0.717) is 30.2 Å². The Bertz CT molecular complexity index is 525. The number of carbonyl (C=O) groups is 1. The fourth-order valence-corrected chi connectivity index (χ4v) is 1.96. The van der Waals surface area contributed by atoms with Crippen molar-refractivity contribution in [2.45, 2.75) is 13.0 Å². The normalized spacial score (nSPS) is 18.8. The second-order valence-corrected chi connectivity index (χ2v) is 4.27. The van der Waals surface area contributed by atoms with Crippen LogP contribution in [0.1, 0.15) is 16.1 Å². The van der Waals surface area contributed by atoms with Crippen LogP contribution in [-0.4, -0.2) is 41.6 Å². The van der Waals surface area contributed by atoms with Crippen LogP contribution in [0.2, 0.25) is 0 Å². The van der Waals surface area contributed by atoms with Crippen molar-refractivity contribution in [1.82, 2.24) is 9.88 Å². The minimum absolute atomic E-state index is 0.148. The predicted octanol–water partition coefficient (Wildman–Crippen LogP) is 0.0402. The smallest absolute Gasteiger partial charge is 0.254 e. The maximum Gasteiger partial charge on any atom is 0.254 e. The topological polar surface area (TPSA) is 104 Å². The summed E-state index contributed by atoms with van der Waals surface area (Å²) in [6.45, 7) is 2.91. The first-order valence-electron chi connectivity index (χ1n) is 5.90. The number of pyridine rings is 1. The Hall–Kier alpha value is -2.17. The Morgan fingerprint density at radius 3 is 3.16 bits per heavy atom. The van der Waals surface area contributed by atoms with Gasteiger partial charge < -0.3 is 15.1 Å². The van der Waals surface area contributed by atoms with Crippen LogP contribution in [0, 0.1) is 18.3 Å².